The second-order valence-electron chi connectivity index (χ2n) is 2.51. The van der Waals surface area contributed by atoms with Crippen LogP contribution in [0.15, 0.2) is 12.3 Å². The van der Waals surface area contributed by atoms with Crippen LogP contribution in [0.2, 0.25) is 0 Å². The Labute approximate surface area is 64.4 Å². The standard InChI is InChI=1S/C7H8N3O/c11-7(9-4-2-5-9)10-6-1-3-8-10/h1,6H,2,4-5H2. The van der Waals surface area contributed by atoms with Crippen LogP contribution < -0.4 is 0 Å². The van der Waals surface area contributed by atoms with Gasteiger partial charge in [-0.3, -0.25) is 0 Å². The lowest BCUT2D eigenvalue weighted by Crippen LogP contribution is -2.44. The van der Waals surface area contributed by atoms with Gasteiger partial charge in [-0.1, -0.05) is 0 Å². The van der Waals surface area contributed by atoms with Crippen LogP contribution >= 0.6 is 0 Å². The zero-order valence-corrected chi connectivity index (χ0v) is 6.03. The average molecular weight is 150 g/mol. The molecule has 0 atom stereocenters. The lowest BCUT2D eigenvalue weighted by molar-refractivity contribution is 0.166. The third-order valence-corrected chi connectivity index (χ3v) is 1.78. The molecule has 1 aromatic heterocycles. The maximum absolute atomic E-state index is 11.3. The number of hydrogen-bond acceptors (Lipinski definition) is 2. The normalized spacial score (nSPS) is 16.2. The van der Waals surface area contributed by atoms with Gasteiger partial charge in [0.25, 0.3) is 0 Å². The largest absolute Gasteiger partial charge is 0.344 e. The second kappa shape index (κ2) is 2.38. The number of carbonyl (C=O) groups excluding carboxylic acids is 1. The van der Waals surface area contributed by atoms with Gasteiger partial charge in [0.2, 0.25) is 0 Å². The molecule has 1 amide bonds. The molecule has 4 heteroatoms. The Morgan fingerprint density at radius 2 is 2.36 bits per heavy atom. The molecule has 2 rings (SSSR count). The summed E-state index contributed by atoms with van der Waals surface area (Å²) < 4.78 is 1.30. The highest BCUT2D eigenvalue weighted by Gasteiger charge is 2.21. The Balaban J connectivity index is 2.10. The van der Waals surface area contributed by atoms with Gasteiger partial charge in [-0.05, 0) is 12.5 Å². The molecule has 2 heterocycles. The number of carbonyl (C=O) groups is 1. The molecule has 11 heavy (non-hydrogen) atoms. The molecule has 0 bridgehead atoms. The van der Waals surface area contributed by atoms with E-state index < -0.39 is 0 Å². The van der Waals surface area contributed by atoms with Gasteiger partial charge in [-0.15, -0.1) is 0 Å². The highest BCUT2D eigenvalue weighted by atomic mass is 16.2. The van der Waals surface area contributed by atoms with Crippen molar-refractivity contribution >= 4 is 6.03 Å². The topological polar surface area (TPSA) is 38.1 Å². The summed E-state index contributed by atoms with van der Waals surface area (Å²) in [6.45, 7) is 1.72. The summed E-state index contributed by atoms with van der Waals surface area (Å²) in [4.78, 5) is 13.0. The molecule has 0 saturated carbocycles. The van der Waals surface area contributed by atoms with Gasteiger partial charge in [0, 0.05) is 19.3 Å². The number of hydrogen-bond donors (Lipinski definition) is 0. The van der Waals surface area contributed by atoms with Gasteiger partial charge < -0.3 is 4.90 Å². The maximum atomic E-state index is 11.3. The molecule has 1 radical (unpaired) electrons. The monoisotopic (exact) mass is 150 g/mol. The van der Waals surface area contributed by atoms with Crippen molar-refractivity contribution < 1.29 is 4.79 Å². The molecule has 57 valence electrons. The first-order valence-electron chi connectivity index (χ1n) is 3.59. The van der Waals surface area contributed by atoms with E-state index in [-0.39, 0.29) is 6.03 Å². The number of likely N-dealkylation sites (tertiary alicyclic amines) is 1. The highest BCUT2D eigenvalue weighted by molar-refractivity contribution is 5.76. The molecule has 1 aliphatic heterocycles. The van der Waals surface area contributed by atoms with Gasteiger partial charge >= 0.3 is 6.03 Å². The fourth-order valence-corrected chi connectivity index (χ4v) is 0.992. The molecule has 0 N–H and O–H groups in total. The smallest absolute Gasteiger partial charge is 0.323 e. The van der Waals surface area contributed by atoms with E-state index in [1.54, 1.807) is 17.2 Å². The molecule has 1 saturated heterocycles. The summed E-state index contributed by atoms with van der Waals surface area (Å²) in [6.07, 6.45) is 5.30. The molecule has 1 aliphatic rings. The molecule has 0 aliphatic carbocycles. The van der Waals surface area contributed by atoms with Gasteiger partial charge in [0.05, 0.1) is 0 Å². The van der Waals surface area contributed by atoms with Crippen LogP contribution in [-0.4, -0.2) is 33.8 Å². The fraction of sp³-hybridized carbons (Fsp3) is 0.429. The van der Waals surface area contributed by atoms with Crippen LogP contribution in [0.1, 0.15) is 6.42 Å². The van der Waals surface area contributed by atoms with Crippen LogP contribution in [-0.2, 0) is 0 Å². The summed E-state index contributed by atoms with van der Waals surface area (Å²) in [5.74, 6) is 0. The fourth-order valence-electron chi connectivity index (χ4n) is 0.992. The molecule has 0 spiro atoms. The van der Waals surface area contributed by atoms with Crippen molar-refractivity contribution in [1.29, 1.82) is 0 Å². The number of rotatable bonds is 0. The molecule has 1 fully saturated rings. The van der Waals surface area contributed by atoms with E-state index in [1.165, 1.54) is 4.68 Å². The molecule has 1 aromatic rings. The first-order valence-corrected chi connectivity index (χ1v) is 3.59. The van der Waals surface area contributed by atoms with E-state index in [2.05, 4.69) is 11.3 Å². The Hall–Kier alpha value is -1.32. The Bertz CT molecular complexity index is 251. The van der Waals surface area contributed by atoms with Crippen LogP contribution in [0, 0.1) is 6.20 Å². The van der Waals surface area contributed by atoms with E-state index in [0.717, 1.165) is 19.5 Å². The van der Waals surface area contributed by atoms with Crippen molar-refractivity contribution in [3.05, 3.63) is 18.5 Å². The zero-order valence-electron chi connectivity index (χ0n) is 6.03. The van der Waals surface area contributed by atoms with Gasteiger partial charge in [0.15, 0.2) is 0 Å². The first kappa shape index (κ1) is 6.39. The van der Waals surface area contributed by atoms with Crippen LogP contribution in [0.4, 0.5) is 4.79 Å². The number of nitrogens with zero attached hydrogens (tertiary/aromatic N) is 3. The Kier molecular flexibility index (Phi) is 1.38. The summed E-state index contributed by atoms with van der Waals surface area (Å²) >= 11 is 0. The Morgan fingerprint density at radius 3 is 2.82 bits per heavy atom. The highest BCUT2D eigenvalue weighted by Crippen LogP contribution is 2.06. The van der Waals surface area contributed by atoms with Crippen molar-refractivity contribution in [1.82, 2.24) is 14.7 Å². The third-order valence-electron chi connectivity index (χ3n) is 1.78. The van der Waals surface area contributed by atoms with Crippen molar-refractivity contribution in [2.45, 2.75) is 6.42 Å². The predicted molar refractivity (Wildman–Crippen MR) is 38.0 cm³/mol. The van der Waals surface area contributed by atoms with Crippen LogP contribution in [0.3, 0.4) is 0 Å². The minimum absolute atomic E-state index is 0.0440. The van der Waals surface area contributed by atoms with Crippen LogP contribution in [0.25, 0.3) is 0 Å². The minimum Gasteiger partial charge on any atom is -0.323 e. The molecule has 0 unspecified atom stereocenters. The second-order valence-corrected chi connectivity index (χ2v) is 2.51. The minimum atomic E-state index is -0.0440. The Morgan fingerprint density at radius 1 is 1.55 bits per heavy atom. The van der Waals surface area contributed by atoms with E-state index >= 15 is 0 Å². The maximum Gasteiger partial charge on any atom is 0.344 e. The summed E-state index contributed by atoms with van der Waals surface area (Å²) in [7, 11) is 0. The lowest BCUT2D eigenvalue weighted by atomic mass is 10.2. The zero-order chi connectivity index (χ0) is 7.68. The van der Waals surface area contributed by atoms with Gasteiger partial charge in [-0.25, -0.2) is 4.79 Å². The van der Waals surface area contributed by atoms with Crippen molar-refractivity contribution in [3.8, 4) is 0 Å². The van der Waals surface area contributed by atoms with Crippen molar-refractivity contribution in [2.24, 2.45) is 0 Å². The number of amides is 1. The predicted octanol–water partition coefficient (Wildman–Crippen LogP) is 0.357. The molecule has 0 aromatic carbocycles. The van der Waals surface area contributed by atoms with Crippen molar-refractivity contribution in [2.75, 3.05) is 13.1 Å². The average Bonchev–Trinajstić information content (AvgIpc) is 2.32. The van der Waals surface area contributed by atoms with Crippen LogP contribution in [0.5, 0.6) is 0 Å². The molecular weight excluding hydrogens is 142 g/mol. The van der Waals surface area contributed by atoms with E-state index in [9.17, 15) is 4.79 Å². The van der Waals surface area contributed by atoms with E-state index in [1.807, 2.05) is 0 Å². The lowest BCUT2D eigenvalue weighted by Gasteiger charge is -2.29. The summed E-state index contributed by atoms with van der Waals surface area (Å²) in [5.41, 5.74) is 0. The van der Waals surface area contributed by atoms with Gasteiger partial charge in [-0.2, -0.15) is 9.78 Å². The third kappa shape index (κ3) is 1.00. The first-order chi connectivity index (χ1) is 5.38. The van der Waals surface area contributed by atoms with Crippen molar-refractivity contribution in [3.63, 3.8) is 0 Å². The number of aromatic nitrogens is 2. The summed E-state index contributed by atoms with van der Waals surface area (Å²) in [5, 5.41) is 3.72. The molecule has 4 nitrogen and oxygen atoms in total. The van der Waals surface area contributed by atoms with E-state index in [0.29, 0.717) is 0 Å². The SMILES string of the molecule is O=C(N1CCC1)n1cc[c]n1. The van der Waals surface area contributed by atoms with Gasteiger partial charge in [0.1, 0.15) is 6.20 Å². The molecular formula is C7H8N3O. The summed E-state index contributed by atoms with van der Waals surface area (Å²) in [6, 6.07) is 1.58. The van der Waals surface area contributed by atoms with E-state index in [4.69, 9.17) is 0 Å². The quantitative estimate of drug-likeness (QED) is 0.535.